The highest BCUT2D eigenvalue weighted by Crippen LogP contribution is 2.36. The topological polar surface area (TPSA) is 47.3 Å². The molecule has 0 saturated carbocycles. The number of fused-ring (bicyclic) bond motifs is 1. The zero-order valence-corrected chi connectivity index (χ0v) is 10.4. The van der Waals surface area contributed by atoms with Crippen molar-refractivity contribution in [2.75, 3.05) is 6.61 Å². The van der Waals surface area contributed by atoms with E-state index in [1.54, 1.807) is 0 Å². The number of nitrogens with zero attached hydrogens (tertiary/aromatic N) is 2. The van der Waals surface area contributed by atoms with E-state index in [0.717, 1.165) is 30.0 Å². The van der Waals surface area contributed by atoms with Gasteiger partial charge >= 0.3 is 0 Å². The number of aryl methyl sites for hydroxylation is 1. The molecular weight excluding hydrogens is 204 g/mol. The van der Waals surface area contributed by atoms with Crippen LogP contribution in [0.1, 0.15) is 51.0 Å². The third-order valence-electron chi connectivity index (χ3n) is 2.89. The van der Waals surface area contributed by atoms with Gasteiger partial charge < -0.3 is 9.84 Å². The molecule has 16 heavy (non-hydrogen) atoms. The Balaban J connectivity index is 2.55. The average molecular weight is 224 g/mol. The quantitative estimate of drug-likeness (QED) is 0.734. The third kappa shape index (κ3) is 1.82. The molecule has 0 fully saturated rings. The number of ether oxygens (including phenoxy) is 1. The van der Waals surface area contributed by atoms with Crippen LogP contribution in [0, 0.1) is 6.92 Å². The lowest BCUT2D eigenvalue weighted by atomic mass is 10.1. The number of rotatable bonds is 0. The monoisotopic (exact) mass is 224 g/mol. The van der Waals surface area contributed by atoms with Gasteiger partial charge in [0.2, 0.25) is 5.88 Å². The highest BCUT2D eigenvalue weighted by Gasteiger charge is 2.29. The lowest BCUT2D eigenvalue weighted by molar-refractivity contribution is 0.166. The van der Waals surface area contributed by atoms with Gasteiger partial charge in [0.05, 0.1) is 29.5 Å². The summed E-state index contributed by atoms with van der Waals surface area (Å²) in [5.74, 6) is 0.745. The Morgan fingerprint density at radius 3 is 2.75 bits per heavy atom. The maximum absolute atomic E-state index is 10.1. The van der Waals surface area contributed by atoms with Crippen molar-refractivity contribution in [1.29, 1.82) is 0 Å². The standard InChI is InChI=1S/C12H20N2O2/c1-8-10-9(15)6-5-7-16-11(10)14(13-8)12(2,3)4/h9,15H,5-7H2,1-4H3. The molecule has 1 aliphatic heterocycles. The van der Waals surface area contributed by atoms with Crippen LogP contribution in [-0.2, 0) is 5.54 Å². The van der Waals surface area contributed by atoms with Gasteiger partial charge in [0.1, 0.15) is 0 Å². The van der Waals surface area contributed by atoms with Gasteiger partial charge in [0, 0.05) is 0 Å². The summed E-state index contributed by atoms with van der Waals surface area (Å²) >= 11 is 0. The van der Waals surface area contributed by atoms with E-state index in [9.17, 15) is 5.11 Å². The van der Waals surface area contributed by atoms with Crippen LogP contribution in [0.4, 0.5) is 0 Å². The van der Waals surface area contributed by atoms with Crippen molar-refractivity contribution in [3.63, 3.8) is 0 Å². The SMILES string of the molecule is Cc1nn(C(C)(C)C)c2c1C(O)CCCO2. The van der Waals surface area contributed by atoms with E-state index in [2.05, 4.69) is 25.9 Å². The smallest absolute Gasteiger partial charge is 0.218 e. The molecule has 2 rings (SSSR count). The number of hydrogen-bond donors (Lipinski definition) is 1. The minimum absolute atomic E-state index is 0.123. The zero-order chi connectivity index (χ0) is 11.9. The van der Waals surface area contributed by atoms with E-state index < -0.39 is 6.10 Å². The molecule has 2 heterocycles. The minimum atomic E-state index is -0.436. The first kappa shape index (κ1) is 11.5. The molecule has 0 aromatic carbocycles. The highest BCUT2D eigenvalue weighted by atomic mass is 16.5. The van der Waals surface area contributed by atoms with E-state index in [4.69, 9.17) is 4.74 Å². The van der Waals surface area contributed by atoms with Gasteiger partial charge in [-0.2, -0.15) is 5.10 Å². The first-order valence-electron chi connectivity index (χ1n) is 5.82. The van der Waals surface area contributed by atoms with Gasteiger partial charge in [-0.05, 0) is 40.5 Å². The maximum atomic E-state index is 10.1. The average Bonchev–Trinajstić information content (AvgIpc) is 2.37. The van der Waals surface area contributed by atoms with E-state index in [-0.39, 0.29) is 5.54 Å². The van der Waals surface area contributed by atoms with E-state index in [1.165, 1.54) is 0 Å². The van der Waals surface area contributed by atoms with Crippen LogP contribution in [-0.4, -0.2) is 21.5 Å². The summed E-state index contributed by atoms with van der Waals surface area (Å²) in [7, 11) is 0. The molecule has 4 nitrogen and oxygen atoms in total. The lowest BCUT2D eigenvalue weighted by Gasteiger charge is -2.22. The van der Waals surface area contributed by atoms with Crippen molar-refractivity contribution in [3.8, 4) is 5.88 Å². The molecule has 1 aromatic heterocycles. The predicted molar refractivity (Wildman–Crippen MR) is 61.6 cm³/mol. The number of aromatic nitrogens is 2. The Kier molecular flexibility index (Phi) is 2.70. The van der Waals surface area contributed by atoms with Crippen LogP contribution in [0.25, 0.3) is 0 Å². The molecule has 0 saturated heterocycles. The van der Waals surface area contributed by atoms with Gasteiger partial charge in [-0.25, -0.2) is 4.68 Å². The van der Waals surface area contributed by atoms with E-state index in [0.29, 0.717) is 6.61 Å². The molecule has 1 atom stereocenters. The molecule has 0 spiro atoms. The van der Waals surface area contributed by atoms with Crippen LogP contribution < -0.4 is 4.74 Å². The minimum Gasteiger partial charge on any atom is -0.478 e. The third-order valence-corrected chi connectivity index (χ3v) is 2.89. The van der Waals surface area contributed by atoms with Crippen molar-refractivity contribution in [3.05, 3.63) is 11.3 Å². The van der Waals surface area contributed by atoms with Crippen molar-refractivity contribution >= 4 is 0 Å². The molecule has 90 valence electrons. The summed E-state index contributed by atoms with van der Waals surface area (Å²) in [6.07, 6.45) is 1.21. The molecule has 1 unspecified atom stereocenters. The highest BCUT2D eigenvalue weighted by molar-refractivity contribution is 5.34. The normalized spacial score (nSPS) is 21.2. The first-order chi connectivity index (χ1) is 7.41. The summed E-state index contributed by atoms with van der Waals surface area (Å²) in [4.78, 5) is 0. The summed E-state index contributed by atoms with van der Waals surface area (Å²) in [5, 5.41) is 14.6. The number of aliphatic hydroxyl groups excluding tert-OH is 1. The van der Waals surface area contributed by atoms with Crippen LogP contribution in [0.2, 0.25) is 0 Å². The fraction of sp³-hybridized carbons (Fsp3) is 0.750. The Morgan fingerprint density at radius 2 is 2.12 bits per heavy atom. The molecule has 0 bridgehead atoms. The van der Waals surface area contributed by atoms with Crippen LogP contribution >= 0.6 is 0 Å². The molecule has 0 radical (unpaired) electrons. The van der Waals surface area contributed by atoms with Gasteiger partial charge in [-0.1, -0.05) is 0 Å². The zero-order valence-electron chi connectivity index (χ0n) is 10.4. The van der Waals surface area contributed by atoms with Crippen molar-refractivity contribution in [2.24, 2.45) is 0 Å². The van der Waals surface area contributed by atoms with Gasteiger partial charge in [0.25, 0.3) is 0 Å². The Labute approximate surface area is 96.2 Å². The Morgan fingerprint density at radius 1 is 1.44 bits per heavy atom. The lowest BCUT2D eigenvalue weighted by Crippen LogP contribution is -2.24. The molecule has 4 heteroatoms. The van der Waals surface area contributed by atoms with Gasteiger partial charge in [0.15, 0.2) is 0 Å². The molecule has 1 aliphatic rings. The second-order valence-corrected chi connectivity index (χ2v) is 5.39. The van der Waals surface area contributed by atoms with Crippen LogP contribution in [0.15, 0.2) is 0 Å². The summed E-state index contributed by atoms with van der Waals surface area (Å²) in [5.41, 5.74) is 1.62. The van der Waals surface area contributed by atoms with Crippen molar-refractivity contribution in [2.45, 2.75) is 52.2 Å². The van der Waals surface area contributed by atoms with Gasteiger partial charge in [-0.3, -0.25) is 0 Å². The number of aliphatic hydroxyl groups is 1. The Hall–Kier alpha value is -1.03. The fourth-order valence-corrected chi connectivity index (χ4v) is 2.09. The second-order valence-electron chi connectivity index (χ2n) is 5.39. The first-order valence-corrected chi connectivity index (χ1v) is 5.82. The molecule has 1 aromatic rings. The fourth-order valence-electron chi connectivity index (χ4n) is 2.09. The van der Waals surface area contributed by atoms with Crippen LogP contribution in [0.3, 0.4) is 0 Å². The molecule has 1 N–H and O–H groups in total. The summed E-state index contributed by atoms with van der Waals surface area (Å²) in [6, 6.07) is 0. The van der Waals surface area contributed by atoms with E-state index in [1.807, 2.05) is 11.6 Å². The number of hydrogen-bond acceptors (Lipinski definition) is 3. The Bertz CT molecular complexity index is 390. The summed E-state index contributed by atoms with van der Waals surface area (Å²) < 4.78 is 7.62. The van der Waals surface area contributed by atoms with Crippen molar-refractivity contribution < 1.29 is 9.84 Å². The largest absolute Gasteiger partial charge is 0.478 e. The summed E-state index contributed by atoms with van der Waals surface area (Å²) in [6.45, 7) is 8.84. The predicted octanol–water partition coefficient (Wildman–Crippen LogP) is 2.15. The second kappa shape index (κ2) is 3.77. The van der Waals surface area contributed by atoms with Gasteiger partial charge in [-0.15, -0.1) is 0 Å². The molecular formula is C12H20N2O2. The molecule has 0 amide bonds. The van der Waals surface area contributed by atoms with Crippen LogP contribution in [0.5, 0.6) is 5.88 Å². The molecule has 0 aliphatic carbocycles. The van der Waals surface area contributed by atoms with Crippen molar-refractivity contribution in [1.82, 2.24) is 9.78 Å². The maximum Gasteiger partial charge on any atom is 0.218 e. The van der Waals surface area contributed by atoms with E-state index >= 15 is 0 Å².